The highest BCUT2D eigenvalue weighted by Gasteiger charge is 2.33. The lowest BCUT2D eigenvalue weighted by Gasteiger charge is -2.35. The third-order valence-corrected chi connectivity index (χ3v) is 4.95. The monoisotopic (exact) mass is 330 g/mol. The van der Waals surface area contributed by atoms with Gasteiger partial charge in [0, 0.05) is 17.5 Å². The number of hydrogen-bond donors (Lipinski definition) is 2. The van der Waals surface area contributed by atoms with Crippen molar-refractivity contribution in [2.75, 3.05) is 7.05 Å². The molecule has 1 aliphatic rings. The molecule has 0 spiro atoms. The zero-order valence-corrected chi connectivity index (χ0v) is 13.2. The molecule has 4 rings (SSSR count). The van der Waals surface area contributed by atoms with Crippen LogP contribution in [0.3, 0.4) is 0 Å². The van der Waals surface area contributed by atoms with Crippen molar-refractivity contribution in [2.24, 2.45) is 0 Å². The molecule has 2 aromatic carbocycles. The van der Waals surface area contributed by atoms with Gasteiger partial charge in [0.25, 0.3) is 0 Å². The van der Waals surface area contributed by atoms with E-state index in [-0.39, 0.29) is 11.7 Å². The van der Waals surface area contributed by atoms with Crippen LogP contribution in [0.15, 0.2) is 36.4 Å². The van der Waals surface area contributed by atoms with Crippen molar-refractivity contribution in [3.8, 4) is 11.3 Å². The zero-order valence-electron chi connectivity index (χ0n) is 13.2. The van der Waals surface area contributed by atoms with E-state index in [0.717, 1.165) is 35.7 Å². The van der Waals surface area contributed by atoms with E-state index in [4.69, 9.17) is 0 Å². The van der Waals surface area contributed by atoms with E-state index in [1.54, 1.807) is 12.1 Å². The van der Waals surface area contributed by atoms with Gasteiger partial charge in [-0.05, 0) is 67.3 Å². The fourth-order valence-electron chi connectivity index (χ4n) is 3.60. The largest absolute Gasteiger partial charge is 0.352 e. The Hall–Kier alpha value is -2.27. The number of benzene rings is 2. The molecular weight excluding hydrogens is 313 g/mol. The fraction of sp³-hybridized carbons (Fsp3) is 0.263. The molecule has 0 atom stereocenters. The van der Waals surface area contributed by atoms with Crippen LogP contribution in [0.2, 0.25) is 0 Å². The van der Waals surface area contributed by atoms with Gasteiger partial charge in [-0.2, -0.15) is 0 Å². The molecule has 0 amide bonds. The summed E-state index contributed by atoms with van der Waals surface area (Å²) in [7, 11) is 1.91. The molecule has 0 bridgehead atoms. The summed E-state index contributed by atoms with van der Waals surface area (Å²) in [5.41, 5.74) is 2.74. The molecule has 1 aromatic heterocycles. The molecule has 1 fully saturated rings. The van der Waals surface area contributed by atoms with Crippen LogP contribution in [0.25, 0.3) is 22.2 Å². The lowest BCUT2D eigenvalue weighted by Crippen LogP contribution is -2.37. The molecule has 2 N–H and O–H groups in total. The van der Waals surface area contributed by atoms with Crippen LogP contribution in [0.5, 0.6) is 0 Å². The number of aromatic nitrogens is 1. The Morgan fingerprint density at radius 2 is 1.71 bits per heavy atom. The van der Waals surface area contributed by atoms with Crippen molar-refractivity contribution in [2.45, 2.75) is 24.8 Å². The second-order valence-electron chi connectivity index (χ2n) is 6.38. The van der Waals surface area contributed by atoms with Crippen LogP contribution < -0.4 is 5.32 Å². The quantitative estimate of drug-likeness (QED) is 0.715. The van der Waals surface area contributed by atoms with Crippen LogP contribution in [0.1, 0.15) is 24.3 Å². The van der Waals surface area contributed by atoms with E-state index in [0.29, 0.717) is 16.9 Å². The van der Waals surface area contributed by atoms with Crippen molar-refractivity contribution in [3.63, 3.8) is 0 Å². The molecule has 1 heterocycles. The second-order valence-corrected chi connectivity index (χ2v) is 6.38. The Morgan fingerprint density at radius 3 is 2.38 bits per heavy atom. The van der Waals surface area contributed by atoms with E-state index in [1.165, 1.54) is 18.2 Å². The maximum Gasteiger partial charge on any atom is 0.150 e. The average molecular weight is 330 g/mol. The van der Waals surface area contributed by atoms with Crippen LogP contribution in [0.4, 0.5) is 13.2 Å². The fourth-order valence-corrected chi connectivity index (χ4v) is 3.60. The van der Waals surface area contributed by atoms with E-state index in [2.05, 4.69) is 10.3 Å². The molecule has 24 heavy (non-hydrogen) atoms. The van der Waals surface area contributed by atoms with Crippen molar-refractivity contribution >= 4 is 10.9 Å². The number of rotatable bonds is 3. The number of aromatic amines is 1. The van der Waals surface area contributed by atoms with E-state index in [1.807, 2.05) is 7.05 Å². The molecular formula is C19H17F3N2. The van der Waals surface area contributed by atoms with Crippen molar-refractivity contribution in [3.05, 3.63) is 59.4 Å². The summed E-state index contributed by atoms with van der Waals surface area (Å²) in [5.74, 6) is -1.30. The minimum atomic E-state index is -0.607. The lowest BCUT2D eigenvalue weighted by atomic mass is 9.74. The Morgan fingerprint density at radius 1 is 1.00 bits per heavy atom. The highest BCUT2D eigenvalue weighted by atomic mass is 19.1. The number of fused-ring (bicyclic) bond motifs is 1. The molecule has 3 aromatic rings. The molecule has 0 saturated heterocycles. The van der Waals surface area contributed by atoms with Crippen molar-refractivity contribution in [1.82, 2.24) is 10.3 Å². The van der Waals surface area contributed by atoms with Crippen molar-refractivity contribution in [1.29, 1.82) is 0 Å². The lowest BCUT2D eigenvalue weighted by molar-refractivity contribution is 0.309. The van der Waals surface area contributed by atoms with Gasteiger partial charge in [0.05, 0.1) is 11.2 Å². The zero-order chi connectivity index (χ0) is 16.8. The third-order valence-electron chi connectivity index (χ3n) is 4.95. The van der Waals surface area contributed by atoms with Gasteiger partial charge in [-0.3, -0.25) is 0 Å². The van der Waals surface area contributed by atoms with E-state index < -0.39 is 11.6 Å². The third kappa shape index (κ3) is 2.40. The first kappa shape index (κ1) is 15.3. The molecule has 124 valence electrons. The normalized spacial score (nSPS) is 20.3. The Bertz CT molecular complexity index is 893. The van der Waals surface area contributed by atoms with E-state index in [9.17, 15) is 13.2 Å². The number of nitrogens with one attached hydrogen (secondary N) is 2. The average Bonchev–Trinajstić information content (AvgIpc) is 2.87. The number of halogens is 3. The van der Waals surface area contributed by atoms with Crippen LogP contribution in [-0.4, -0.2) is 18.1 Å². The summed E-state index contributed by atoms with van der Waals surface area (Å²) >= 11 is 0. The molecule has 0 aliphatic heterocycles. The van der Waals surface area contributed by atoms with Crippen LogP contribution in [-0.2, 0) is 0 Å². The topological polar surface area (TPSA) is 27.8 Å². The van der Waals surface area contributed by atoms with Gasteiger partial charge in [-0.25, -0.2) is 13.2 Å². The first-order chi connectivity index (χ1) is 11.6. The first-order valence-corrected chi connectivity index (χ1v) is 8.00. The summed E-state index contributed by atoms with van der Waals surface area (Å²) < 4.78 is 41.2. The Kier molecular flexibility index (Phi) is 3.61. The smallest absolute Gasteiger partial charge is 0.150 e. The van der Waals surface area contributed by atoms with Crippen LogP contribution >= 0.6 is 0 Å². The standard InChI is InChI=1S/C19H17F3N2/c1-23-14-6-11(7-14)17-15-8-13(21)9-16(22)19(15)24-18(17)10-2-4-12(20)5-3-10/h2-5,8-9,11,14,23-24H,6-7H2,1H3. The summed E-state index contributed by atoms with van der Waals surface area (Å²) in [6.45, 7) is 0. The van der Waals surface area contributed by atoms with Gasteiger partial charge in [0.1, 0.15) is 17.5 Å². The molecule has 0 radical (unpaired) electrons. The second kappa shape index (κ2) is 5.67. The summed E-state index contributed by atoms with van der Waals surface area (Å²) in [6.07, 6.45) is 1.82. The molecule has 1 saturated carbocycles. The molecule has 5 heteroatoms. The first-order valence-electron chi connectivity index (χ1n) is 8.00. The van der Waals surface area contributed by atoms with Gasteiger partial charge in [-0.1, -0.05) is 0 Å². The summed E-state index contributed by atoms with van der Waals surface area (Å²) in [6, 6.07) is 8.74. The predicted octanol–water partition coefficient (Wildman–Crippen LogP) is 4.72. The maximum atomic E-state index is 14.2. The van der Waals surface area contributed by atoms with Gasteiger partial charge < -0.3 is 10.3 Å². The van der Waals surface area contributed by atoms with Gasteiger partial charge in [-0.15, -0.1) is 0 Å². The minimum Gasteiger partial charge on any atom is -0.352 e. The maximum absolute atomic E-state index is 14.2. The summed E-state index contributed by atoms with van der Waals surface area (Å²) in [4.78, 5) is 3.09. The van der Waals surface area contributed by atoms with E-state index >= 15 is 0 Å². The SMILES string of the molecule is CNC1CC(c2c(-c3ccc(F)cc3)[nH]c3c(F)cc(F)cc23)C1. The Balaban J connectivity index is 1.91. The van der Waals surface area contributed by atoms with Crippen LogP contribution in [0, 0.1) is 17.5 Å². The van der Waals surface area contributed by atoms with Gasteiger partial charge >= 0.3 is 0 Å². The molecule has 2 nitrogen and oxygen atoms in total. The Labute approximate surface area is 137 Å². The molecule has 1 aliphatic carbocycles. The number of H-pyrrole nitrogens is 1. The number of hydrogen-bond acceptors (Lipinski definition) is 1. The highest BCUT2D eigenvalue weighted by molar-refractivity contribution is 5.92. The predicted molar refractivity (Wildman–Crippen MR) is 88.4 cm³/mol. The summed E-state index contributed by atoms with van der Waals surface area (Å²) in [5, 5.41) is 3.80. The highest BCUT2D eigenvalue weighted by Crippen LogP contribution is 2.45. The van der Waals surface area contributed by atoms with Gasteiger partial charge in [0.2, 0.25) is 0 Å². The van der Waals surface area contributed by atoms with Gasteiger partial charge in [0.15, 0.2) is 0 Å². The van der Waals surface area contributed by atoms with Crippen molar-refractivity contribution < 1.29 is 13.2 Å². The molecule has 0 unspecified atom stereocenters. The minimum absolute atomic E-state index is 0.220.